The van der Waals surface area contributed by atoms with Crippen molar-refractivity contribution in [1.82, 2.24) is 14.1 Å². The Morgan fingerprint density at radius 1 is 0.316 bits per heavy atom. The highest BCUT2D eigenvalue weighted by molar-refractivity contribution is 6.25. The zero-order chi connectivity index (χ0) is 37.6. The average molecular weight is 730 g/mol. The maximum Gasteiger partial charge on any atom is 0.138 e. The number of hydrogen-bond donors (Lipinski definition) is 0. The number of fused-ring (bicyclic) bond motifs is 12. The van der Waals surface area contributed by atoms with E-state index in [9.17, 15) is 4.39 Å². The van der Waals surface area contributed by atoms with Crippen LogP contribution in [0.2, 0.25) is 0 Å². The molecule has 0 saturated heterocycles. The fourth-order valence-electron chi connectivity index (χ4n) is 9.20. The number of rotatable bonds is 4. The van der Waals surface area contributed by atoms with Crippen molar-refractivity contribution < 1.29 is 4.39 Å². The van der Waals surface area contributed by atoms with Crippen LogP contribution in [0.25, 0.3) is 110 Å². The molecule has 3 nitrogen and oxygen atoms in total. The van der Waals surface area contributed by atoms with Gasteiger partial charge >= 0.3 is 0 Å². The highest BCUT2D eigenvalue weighted by atomic mass is 19.1. The molecule has 3 heterocycles. The summed E-state index contributed by atoms with van der Waals surface area (Å²) in [5.41, 5.74) is 9.99. The Bertz CT molecular complexity index is 3590. The van der Waals surface area contributed by atoms with Crippen molar-refractivity contribution in [3.63, 3.8) is 0 Å². The molecule has 57 heavy (non-hydrogen) atoms. The van der Waals surface area contributed by atoms with Gasteiger partial charge in [0.1, 0.15) is 11.6 Å². The number of aromatic nitrogens is 3. The first-order chi connectivity index (χ1) is 28.2. The second-order valence-electron chi connectivity index (χ2n) is 14.9. The minimum atomic E-state index is -0.232. The van der Waals surface area contributed by atoms with Crippen molar-refractivity contribution in [1.29, 1.82) is 0 Å². The first-order valence-electron chi connectivity index (χ1n) is 19.3. The van der Waals surface area contributed by atoms with E-state index in [4.69, 9.17) is 4.98 Å². The number of pyridine rings is 1. The maximum atomic E-state index is 14.6. The van der Waals surface area contributed by atoms with Gasteiger partial charge in [0.15, 0.2) is 0 Å². The predicted octanol–water partition coefficient (Wildman–Crippen LogP) is 14.2. The van der Waals surface area contributed by atoms with E-state index in [1.807, 2.05) is 18.2 Å². The SMILES string of the molecule is Fc1ccc2c(c1)c1ccccc1c1ccc(-c3cccc(-n4c5ccccc5c5cc(-c6ccc7c(c6)c6ccccc6n7-c6ccccc6)ccc54)n3)cc12. The van der Waals surface area contributed by atoms with Gasteiger partial charge in [0.2, 0.25) is 0 Å². The Labute approximate surface area is 327 Å². The molecular formula is C53H32FN3. The van der Waals surface area contributed by atoms with Crippen molar-refractivity contribution in [3.8, 4) is 33.9 Å². The third kappa shape index (κ3) is 4.81. The third-order valence-electron chi connectivity index (χ3n) is 11.8. The minimum absolute atomic E-state index is 0.232. The normalized spacial score (nSPS) is 11.9. The van der Waals surface area contributed by atoms with E-state index >= 15 is 0 Å². The van der Waals surface area contributed by atoms with E-state index in [-0.39, 0.29) is 5.82 Å². The Balaban J connectivity index is 1.000. The summed E-state index contributed by atoms with van der Waals surface area (Å²) in [7, 11) is 0. The van der Waals surface area contributed by atoms with Crippen molar-refractivity contribution in [2.45, 2.75) is 0 Å². The van der Waals surface area contributed by atoms with Gasteiger partial charge in [-0.3, -0.25) is 4.57 Å². The van der Waals surface area contributed by atoms with Gasteiger partial charge in [-0.2, -0.15) is 0 Å². The van der Waals surface area contributed by atoms with E-state index in [0.29, 0.717) is 0 Å². The molecule has 0 fully saturated rings. The first-order valence-corrected chi connectivity index (χ1v) is 19.3. The molecule has 12 rings (SSSR count). The van der Waals surface area contributed by atoms with Crippen molar-refractivity contribution in [2.24, 2.45) is 0 Å². The summed E-state index contributed by atoms with van der Waals surface area (Å²) >= 11 is 0. The van der Waals surface area contributed by atoms with Crippen molar-refractivity contribution >= 4 is 75.9 Å². The van der Waals surface area contributed by atoms with Crippen LogP contribution in [0.4, 0.5) is 4.39 Å². The lowest BCUT2D eigenvalue weighted by atomic mass is 9.93. The summed E-state index contributed by atoms with van der Waals surface area (Å²) in [6, 6.07) is 67.7. The zero-order valence-corrected chi connectivity index (χ0v) is 30.7. The number of benzene rings is 9. The fraction of sp³-hybridized carbons (Fsp3) is 0. The molecule has 0 aliphatic carbocycles. The van der Waals surface area contributed by atoms with E-state index in [0.717, 1.165) is 66.1 Å². The molecule has 0 saturated carbocycles. The lowest BCUT2D eigenvalue weighted by Crippen LogP contribution is -1.98. The molecule has 0 unspecified atom stereocenters. The second-order valence-corrected chi connectivity index (χ2v) is 14.9. The maximum absolute atomic E-state index is 14.6. The Kier molecular flexibility index (Phi) is 6.81. The average Bonchev–Trinajstić information content (AvgIpc) is 3.79. The predicted molar refractivity (Wildman–Crippen MR) is 236 cm³/mol. The van der Waals surface area contributed by atoms with Crippen LogP contribution in [0.1, 0.15) is 0 Å². The van der Waals surface area contributed by atoms with Crippen LogP contribution in [0, 0.1) is 5.82 Å². The topological polar surface area (TPSA) is 22.8 Å². The highest BCUT2D eigenvalue weighted by Gasteiger charge is 2.17. The molecule has 0 aliphatic rings. The van der Waals surface area contributed by atoms with Crippen LogP contribution < -0.4 is 0 Å². The third-order valence-corrected chi connectivity index (χ3v) is 11.8. The molecular weight excluding hydrogens is 698 g/mol. The van der Waals surface area contributed by atoms with Gasteiger partial charge < -0.3 is 4.57 Å². The standard InChI is InChI=1S/C53H32FN3/c54-36-24-26-41-44-31-35(21-25-40(44)38-13-4-5-14-39(38)45(41)32-36)48-17-10-20-53(55-48)57-50-19-9-7-16-43(50)47-30-34(23-28-52(47)57)33-22-27-51-46(29-33)42-15-6-8-18-49(42)56(51)37-11-2-1-3-12-37/h1-32H. The van der Waals surface area contributed by atoms with Gasteiger partial charge in [0, 0.05) is 32.8 Å². The van der Waals surface area contributed by atoms with Crippen LogP contribution in [-0.2, 0) is 0 Å². The molecule has 9 aromatic carbocycles. The minimum Gasteiger partial charge on any atom is -0.309 e. The summed E-state index contributed by atoms with van der Waals surface area (Å²) in [6.45, 7) is 0. The van der Waals surface area contributed by atoms with E-state index in [2.05, 4.69) is 173 Å². The number of para-hydroxylation sites is 3. The van der Waals surface area contributed by atoms with E-state index < -0.39 is 0 Å². The molecule has 266 valence electrons. The number of nitrogens with zero attached hydrogens (tertiary/aromatic N) is 3. The fourth-order valence-corrected chi connectivity index (χ4v) is 9.20. The van der Waals surface area contributed by atoms with Crippen LogP contribution in [0.15, 0.2) is 194 Å². The van der Waals surface area contributed by atoms with Crippen LogP contribution in [0.5, 0.6) is 0 Å². The molecule has 0 spiro atoms. The molecule has 0 radical (unpaired) electrons. The van der Waals surface area contributed by atoms with Gasteiger partial charge in [0.25, 0.3) is 0 Å². The largest absolute Gasteiger partial charge is 0.309 e. The van der Waals surface area contributed by atoms with E-state index in [1.54, 1.807) is 12.1 Å². The molecule has 0 atom stereocenters. The highest BCUT2D eigenvalue weighted by Crippen LogP contribution is 2.40. The molecule has 0 N–H and O–H groups in total. The summed E-state index contributed by atoms with van der Waals surface area (Å²) in [6.07, 6.45) is 0. The summed E-state index contributed by atoms with van der Waals surface area (Å²) in [5, 5.41) is 11.2. The van der Waals surface area contributed by atoms with Crippen LogP contribution in [0.3, 0.4) is 0 Å². The molecule has 12 aromatic rings. The molecule has 3 aromatic heterocycles. The Hall–Kier alpha value is -7.56. The molecule has 0 aliphatic heterocycles. The van der Waals surface area contributed by atoms with Gasteiger partial charge in [-0.05, 0) is 122 Å². The smallest absolute Gasteiger partial charge is 0.138 e. The molecule has 4 heteroatoms. The van der Waals surface area contributed by atoms with Gasteiger partial charge in [0.05, 0.1) is 27.8 Å². The van der Waals surface area contributed by atoms with Crippen LogP contribution in [-0.4, -0.2) is 14.1 Å². The summed E-state index contributed by atoms with van der Waals surface area (Å²) in [4.78, 5) is 5.32. The lowest BCUT2D eigenvalue weighted by molar-refractivity contribution is 0.630. The Morgan fingerprint density at radius 2 is 0.807 bits per heavy atom. The van der Waals surface area contributed by atoms with Gasteiger partial charge in [-0.15, -0.1) is 0 Å². The lowest BCUT2D eigenvalue weighted by Gasteiger charge is -2.13. The number of hydrogen-bond acceptors (Lipinski definition) is 1. The zero-order valence-electron chi connectivity index (χ0n) is 30.7. The van der Waals surface area contributed by atoms with Crippen molar-refractivity contribution in [2.75, 3.05) is 0 Å². The second kappa shape index (κ2) is 12.2. The van der Waals surface area contributed by atoms with Gasteiger partial charge in [-0.25, -0.2) is 9.37 Å². The monoisotopic (exact) mass is 729 g/mol. The quantitative estimate of drug-likeness (QED) is 0.165. The summed E-state index contributed by atoms with van der Waals surface area (Å²) < 4.78 is 19.2. The van der Waals surface area contributed by atoms with Crippen molar-refractivity contribution in [3.05, 3.63) is 200 Å². The van der Waals surface area contributed by atoms with E-state index in [1.165, 1.54) is 43.7 Å². The molecule has 0 amide bonds. The first kappa shape index (κ1) is 31.8. The van der Waals surface area contributed by atoms with Gasteiger partial charge in [-0.1, -0.05) is 115 Å². The van der Waals surface area contributed by atoms with Crippen LogP contribution >= 0.6 is 0 Å². The molecule has 0 bridgehead atoms. The number of halogens is 1. The Morgan fingerprint density at radius 3 is 1.53 bits per heavy atom. The summed E-state index contributed by atoms with van der Waals surface area (Å²) in [5.74, 6) is 0.621.